The van der Waals surface area contributed by atoms with Crippen LogP contribution < -0.4 is 10.2 Å². The summed E-state index contributed by atoms with van der Waals surface area (Å²) < 4.78 is 2.02. The summed E-state index contributed by atoms with van der Waals surface area (Å²) in [5.74, 6) is 1.75. The second kappa shape index (κ2) is 7.61. The van der Waals surface area contributed by atoms with Gasteiger partial charge in [0.05, 0.1) is 12.7 Å². The Morgan fingerprint density at radius 1 is 1.08 bits per heavy atom. The number of anilines is 2. The van der Waals surface area contributed by atoms with Crippen molar-refractivity contribution in [2.45, 2.75) is 27.3 Å². The summed E-state index contributed by atoms with van der Waals surface area (Å²) in [4.78, 5) is 14.0. The van der Waals surface area contributed by atoms with Crippen LogP contribution in [0.2, 0.25) is 0 Å². The number of hydrogen-bond acceptors (Lipinski definition) is 6. The van der Waals surface area contributed by atoms with Gasteiger partial charge in [-0.1, -0.05) is 0 Å². The molecule has 2 aromatic heterocycles. The smallest absolute Gasteiger partial charge is 0.227 e. The predicted molar refractivity (Wildman–Crippen MR) is 96.5 cm³/mol. The fourth-order valence-corrected chi connectivity index (χ4v) is 2.97. The molecule has 24 heavy (non-hydrogen) atoms. The van der Waals surface area contributed by atoms with Crippen LogP contribution in [-0.2, 0) is 6.54 Å². The average molecular weight is 329 g/mol. The summed E-state index contributed by atoms with van der Waals surface area (Å²) >= 11 is 0. The van der Waals surface area contributed by atoms with Gasteiger partial charge in [-0.05, 0) is 26.3 Å². The molecule has 1 N–H and O–H groups in total. The highest BCUT2D eigenvalue weighted by Crippen LogP contribution is 2.15. The molecule has 0 amide bonds. The van der Waals surface area contributed by atoms with Crippen molar-refractivity contribution < 1.29 is 0 Å². The van der Waals surface area contributed by atoms with Crippen molar-refractivity contribution in [1.82, 2.24) is 24.6 Å². The maximum Gasteiger partial charge on any atom is 0.227 e. The lowest BCUT2D eigenvalue weighted by Crippen LogP contribution is -2.47. The van der Waals surface area contributed by atoms with Gasteiger partial charge in [-0.15, -0.1) is 0 Å². The van der Waals surface area contributed by atoms with Crippen LogP contribution in [0.15, 0.2) is 18.5 Å². The van der Waals surface area contributed by atoms with Crippen molar-refractivity contribution in [2.24, 2.45) is 0 Å². The van der Waals surface area contributed by atoms with Crippen molar-refractivity contribution in [1.29, 1.82) is 0 Å². The minimum Gasteiger partial charge on any atom is -0.370 e. The first-order valence-corrected chi connectivity index (χ1v) is 8.70. The molecule has 1 aliphatic rings. The maximum atomic E-state index is 4.64. The van der Waals surface area contributed by atoms with Crippen LogP contribution in [0, 0.1) is 13.8 Å². The highest BCUT2D eigenvalue weighted by molar-refractivity contribution is 5.43. The molecule has 0 bridgehead atoms. The van der Waals surface area contributed by atoms with E-state index in [0.717, 1.165) is 63.3 Å². The molecule has 3 rings (SSSR count). The largest absolute Gasteiger partial charge is 0.370 e. The molecule has 7 nitrogen and oxygen atoms in total. The Bertz CT molecular complexity index is 659. The monoisotopic (exact) mass is 329 g/mol. The number of aryl methyl sites for hydroxylation is 2. The molecule has 0 aromatic carbocycles. The summed E-state index contributed by atoms with van der Waals surface area (Å²) in [5, 5.41) is 7.63. The van der Waals surface area contributed by atoms with Gasteiger partial charge in [0.15, 0.2) is 0 Å². The Balaban J connectivity index is 1.53. The van der Waals surface area contributed by atoms with Gasteiger partial charge in [0.2, 0.25) is 5.95 Å². The van der Waals surface area contributed by atoms with Crippen LogP contribution in [0.3, 0.4) is 0 Å². The Kier molecular flexibility index (Phi) is 5.30. The van der Waals surface area contributed by atoms with E-state index in [9.17, 15) is 0 Å². The minimum absolute atomic E-state index is 0.841. The molecule has 0 radical (unpaired) electrons. The molecular formula is C17H27N7. The first kappa shape index (κ1) is 16.7. The van der Waals surface area contributed by atoms with Gasteiger partial charge in [-0.2, -0.15) is 10.1 Å². The molecular weight excluding hydrogens is 302 g/mol. The topological polar surface area (TPSA) is 62.1 Å². The summed E-state index contributed by atoms with van der Waals surface area (Å²) in [5.41, 5.74) is 2.22. The Labute approximate surface area is 143 Å². The summed E-state index contributed by atoms with van der Waals surface area (Å²) in [6.07, 6.45) is 4.01. The second-order valence-electron chi connectivity index (χ2n) is 6.33. The van der Waals surface area contributed by atoms with Crippen LogP contribution >= 0.6 is 0 Å². The van der Waals surface area contributed by atoms with Crippen LogP contribution in [0.25, 0.3) is 0 Å². The number of hydrogen-bond donors (Lipinski definition) is 1. The van der Waals surface area contributed by atoms with E-state index in [4.69, 9.17) is 0 Å². The standard InChI is InChI=1S/C17H27N7/c1-4-18-16-11-15(3)20-17(21-16)23-8-5-22(6-9-23)7-10-24-13-14(2)12-19-24/h11-13H,4-10H2,1-3H3,(H,18,20,21). The molecule has 1 saturated heterocycles. The van der Waals surface area contributed by atoms with Crippen molar-refractivity contribution in [3.8, 4) is 0 Å². The fourth-order valence-electron chi connectivity index (χ4n) is 2.97. The third kappa shape index (κ3) is 4.23. The number of rotatable bonds is 6. The third-order valence-corrected chi connectivity index (χ3v) is 4.26. The Morgan fingerprint density at radius 2 is 1.88 bits per heavy atom. The summed E-state index contributed by atoms with van der Waals surface area (Å²) in [6, 6.07) is 2.00. The summed E-state index contributed by atoms with van der Waals surface area (Å²) in [7, 11) is 0. The lowest BCUT2D eigenvalue weighted by molar-refractivity contribution is 0.243. The molecule has 7 heteroatoms. The van der Waals surface area contributed by atoms with Gasteiger partial charge in [0.25, 0.3) is 0 Å². The lowest BCUT2D eigenvalue weighted by Gasteiger charge is -2.34. The molecule has 2 aromatic rings. The molecule has 3 heterocycles. The second-order valence-corrected chi connectivity index (χ2v) is 6.33. The third-order valence-electron chi connectivity index (χ3n) is 4.26. The first-order valence-electron chi connectivity index (χ1n) is 8.70. The molecule has 0 saturated carbocycles. The number of piperazine rings is 1. The van der Waals surface area contributed by atoms with Crippen LogP contribution in [-0.4, -0.2) is 63.9 Å². The van der Waals surface area contributed by atoms with Crippen molar-refractivity contribution in [3.63, 3.8) is 0 Å². The SMILES string of the molecule is CCNc1cc(C)nc(N2CCN(CCn3cc(C)cn3)CC2)n1. The minimum atomic E-state index is 0.841. The molecule has 0 aliphatic carbocycles. The predicted octanol–water partition coefficient (Wildman–Crippen LogP) is 1.54. The quantitative estimate of drug-likeness (QED) is 0.867. The molecule has 130 valence electrons. The number of nitrogens with one attached hydrogen (secondary N) is 1. The zero-order chi connectivity index (χ0) is 16.9. The molecule has 0 unspecified atom stereocenters. The van der Waals surface area contributed by atoms with Gasteiger partial charge in [0.1, 0.15) is 5.82 Å². The van der Waals surface area contributed by atoms with Crippen molar-refractivity contribution in [2.75, 3.05) is 49.5 Å². The Morgan fingerprint density at radius 3 is 2.54 bits per heavy atom. The van der Waals surface area contributed by atoms with E-state index >= 15 is 0 Å². The highest BCUT2D eigenvalue weighted by Gasteiger charge is 2.19. The van der Waals surface area contributed by atoms with Crippen LogP contribution in [0.4, 0.5) is 11.8 Å². The van der Waals surface area contributed by atoms with Gasteiger partial charge in [-0.25, -0.2) is 4.98 Å². The van der Waals surface area contributed by atoms with Gasteiger partial charge >= 0.3 is 0 Å². The molecule has 1 aliphatic heterocycles. The summed E-state index contributed by atoms with van der Waals surface area (Å²) in [6.45, 7) is 13.0. The van der Waals surface area contributed by atoms with E-state index in [-0.39, 0.29) is 0 Å². The first-order chi connectivity index (χ1) is 11.6. The van der Waals surface area contributed by atoms with Crippen LogP contribution in [0.5, 0.6) is 0 Å². The molecule has 0 spiro atoms. The highest BCUT2D eigenvalue weighted by atomic mass is 15.3. The van der Waals surface area contributed by atoms with E-state index < -0.39 is 0 Å². The van der Waals surface area contributed by atoms with E-state index in [1.807, 2.05) is 23.9 Å². The Hall–Kier alpha value is -2.15. The van der Waals surface area contributed by atoms with Gasteiger partial charge < -0.3 is 10.2 Å². The normalized spacial score (nSPS) is 15.7. The van der Waals surface area contributed by atoms with Crippen LogP contribution in [0.1, 0.15) is 18.2 Å². The lowest BCUT2D eigenvalue weighted by atomic mass is 10.3. The van der Waals surface area contributed by atoms with Gasteiger partial charge in [0, 0.05) is 57.2 Å². The zero-order valence-corrected chi connectivity index (χ0v) is 14.9. The van der Waals surface area contributed by atoms with E-state index in [2.05, 4.69) is 50.2 Å². The van der Waals surface area contributed by atoms with E-state index in [0.29, 0.717) is 0 Å². The van der Waals surface area contributed by atoms with E-state index in [1.165, 1.54) is 5.56 Å². The fraction of sp³-hybridized carbons (Fsp3) is 0.588. The molecule has 0 atom stereocenters. The van der Waals surface area contributed by atoms with Crippen molar-refractivity contribution >= 4 is 11.8 Å². The zero-order valence-electron chi connectivity index (χ0n) is 14.9. The van der Waals surface area contributed by atoms with E-state index in [1.54, 1.807) is 0 Å². The van der Waals surface area contributed by atoms with Crippen molar-refractivity contribution in [3.05, 3.63) is 29.7 Å². The maximum absolute atomic E-state index is 4.64. The average Bonchev–Trinajstić information content (AvgIpc) is 2.99. The number of nitrogens with zero attached hydrogens (tertiary/aromatic N) is 6. The van der Waals surface area contributed by atoms with Gasteiger partial charge in [-0.3, -0.25) is 9.58 Å². The number of aromatic nitrogens is 4. The molecule has 1 fully saturated rings.